The molecule has 0 bridgehead atoms. The van der Waals surface area contributed by atoms with Crippen LogP contribution in [0.1, 0.15) is 79.1 Å². The third-order valence-corrected chi connectivity index (χ3v) is 3.94. The molecule has 21 heavy (non-hydrogen) atoms. The maximum atomic E-state index is 8.70. The van der Waals surface area contributed by atoms with Gasteiger partial charge < -0.3 is 19.2 Å². The summed E-state index contributed by atoms with van der Waals surface area (Å²) in [5, 5.41) is 0. The molecule has 130 valence electrons. The van der Waals surface area contributed by atoms with Crippen molar-refractivity contribution in [2.45, 2.75) is 79.1 Å². The maximum Gasteiger partial charge on any atom is 0.0786 e. The van der Waals surface area contributed by atoms with E-state index in [1.165, 1.54) is 82.0 Å². The summed E-state index contributed by atoms with van der Waals surface area (Å²) in [6, 6.07) is 0. The zero-order chi connectivity index (χ0) is 16.6. The molecule has 0 fully saturated rings. The summed E-state index contributed by atoms with van der Waals surface area (Å²) in [5.74, 6) is 0. The Kier molecular flexibility index (Phi) is 18.6. The molecule has 0 amide bonds. The Morgan fingerprint density at radius 1 is 0.667 bits per heavy atom. The second-order valence-electron chi connectivity index (χ2n) is 5.90. The summed E-state index contributed by atoms with van der Waals surface area (Å²) in [7, 11) is -2.87. The second-order valence-corrected chi connectivity index (χ2v) is 6.41. The number of hydrogen-bond acceptors (Lipinski definition) is 3. The van der Waals surface area contributed by atoms with Gasteiger partial charge in [-0.1, -0.05) is 53.4 Å². The third kappa shape index (κ3) is 16.5. The summed E-state index contributed by atoms with van der Waals surface area (Å²) < 4.78 is 1.42. The van der Waals surface area contributed by atoms with Gasteiger partial charge in [0, 0.05) is 0 Å². The van der Waals surface area contributed by atoms with Crippen LogP contribution in [0.25, 0.3) is 0 Å². The highest BCUT2D eigenvalue weighted by atomic mass is 31.2. The lowest BCUT2D eigenvalue weighted by Gasteiger charge is -2.39. The summed E-state index contributed by atoms with van der Waals surface area (Å²) in [6.45, 7) is 15.0. The first-order chi connectivity index (χ1) is 9.97. The van der Waals surface area contributed by atoms with E-state index >= 15 is 0 Å². The summed E-state index contributed by atoms with van der Waals surface area (Å²) in [4.78, 5) is 22.9. The minimum Gasteiger partial charge on any atom is -0.786 e. The molecule has 0 aliphatic carbocycles. The molecular weight excluding hydrogens is 285 g/mol. The molecule has 0 saturated heterocycles. The van der Waals surface area contributed by atoms with Gasteiger partial charge in [-0.25, -0.2) is 0 Å². The van der Waals surface area contributed by atoms with E-state index in [4.69, 9.17) is 14.7 Å². The van der Waals surface area contributed by atoms with Gasteiger partial charge in [-0.15, -0.1) is 0 Å². The highest BCUT2D eigenvalue weighted by Crippen LogP contribution is 2.16. The molecule has 0 unspecified atom stereocenters. The number of rotatable bonds is 12. The standard InChI is InChI=1S/C16H36N.H2O3P/c1-5-9-13-17(14-10-6-2,15-11-7-3)16-12-8-4;1-4(2)3/h5-16H2,1-4H3;1-2H/q+1;-1. The third-order valence-electron chi connectivity index (χ3n) is 3.94. The highest BCUT2D eigenvalue weighted by molar-refractivity contribution is 7.36. The van der Waals surface area contributed by atoms with Crippen LogP contribution in [0.3, 0.4) is 0 Å². The number of unbranched alkanes of at least 4 members (excludes halogenated alkanes) is 4. The van der Waals surface area contributed by atoms with E-state index < -0.39 is 8.60 Å². The molecule has 0 aliphatic rings. The number of nitrogens with zero attached hydrogens (tertiary/aromatic N) is 1. The van der Waals surface area contributed by atoms with Crippen molar-refractivity contribution in [1.29, 1.82) is 0 Å². The fourth-order valence-electron chi connectivity index (χ4n) is 2.64. The van der Waals surface area contributed by atoms with Gasteiger partial charge >= 0.3 is 0 Å². The zero-order valence-electron chi connectivity index (χ0n) is 14.7. The van der Waals surface area contributed by atoms with E-state index in [0.717, 1.165) is 0 Å². The van der Waals surface area contributed by atoms with Crippen LogP contribution in [-0.2, 0) is 0 Å². The molecule has 2 N–H and O–H groups in total. The summed E-state index contributed by atoms with van der Waals surface area (Å²) in [5.41, 5.74) is 0. The number of quaternary nitrogens is 1. The first kappa shape index (κ1) is 23.5. The van der Waals surface area contributed by atoms with Gasteiger partial charge in [-0.05, 0) is 25.7 Å². The van der Waals surface area contributed by atoms with Crippen molar-refractivity contribution in [2.75, 3.05) is 26.2 Å². The van der Waals surface area contributed by atoms with Gasteiger partial charge in [-0.2, -0.15) is 0 Å². The molecule has 5 heteroatoms. The molecule has 0 rings (SSSR count). The molecule has 0 aromatic rings. The Labute approximate surface area is 133 Å². The van der Waals surface area contributed by atoms with Gasteiger partial charge in [0.2, 0.25) is 0 Å². The first-order valence-corrected chi connectivity index (χ1v) is 9.84. The average Bonchev–Trinajstić information content (AvgIpc) is 2.45. The highest BCUT2D eigenvalue weighted by Gasteiger charge is 2.24. The Hall–Kier alpha value is 0.270. The van der Waals surface area contributed by atoms with Gasteiger partial charge in [-0.3, -0.25) is 0 Å². The van der Waals surface area contributed by atoms with Crippen molar-refractivity contribution < 1.29 is 19.2 Å². The van der Waals surface area contributed by atoms with Crippen LogP contribution in [0.2, 0.25) is 0 Å². The minimum atomic E-state index is -2.87. The second kappa shape index (κ2) is 16.6. The molecule has 0 heterocycles. The average molecular weight is 323 g/mol. The molecule has 4 nitrogen and oxygen atoms in total. The molecule has 0 atom stereocenters. The van der Waals surface area contributed by atoms with E-state index in [1.807, 2.05) is 0 Å². The maximum absolute atomic E-state index is 8.70. The molecule has 0 radical (unpaired) electrons. The molecule has 0 aromatic heterocycles. The van der Waals surface area contributed by atoms with E-state index in [9.17, 15) is 0 Å². The van der Waals surface area contributed by atoms with Crippen LogP contribution in [0.5, 0.6) is 0 Å². The Balaban J connectivity index is 0. The Morgan fingerprint density at radius 2 is 0.857 bits per heavy atom. The van der Waals surface area contributed by atoms with E-state index in [0.29, 0.717) is 0 Å². The minimum absolute atomic E-state index is 1.35. The molecular formula is C16H38NO3P. The fraction of sp³-hybridized carbons (Fsp3) is 1.00. The largest absolute Gasteiger partial charge is 0.786 e. The van der Waals surface area contributed by atoms with Crippen LogP contribution in [-0.4, -0.2) is 40.4 Å². The molecule has 0 aromatic carbocycles. The normalized spacial score (nSPS) is 11.4. The van der Waals surface area contributed by atoms with Gasteiger partial charge in [0.1, 0.15) is 0 Å². The van der Waals surface area contributed by atoms with Crippen molar-refractivity contribution in [3.8, 4) is 0 Å². The zero-order valence-corrected chi connectivity index (χ0v) is 15.6. The van der Waals surface area contributed by atoms with Crippen LogP contribution >= 0.6 is 8.60 Å². The lowest BCUT2D eigenvalue weighted by Crippen LogP contribution is -2.50. The van der Waals surface area contributed by atoms with E-state index in [-0.39, 0.29) is 0 Å². The topological polar surface area (TPSA) is 63.5 Å². The van der Waals surface area contributed by atoms with Crippen molar-refractivity contribution in [3.63, 3.8) is 0 Å². The molecule has 0 saturated carbocycles. The lowest BCUT2D eigenvalue weighted by molar-refractivity contribution is -0.929. The van der Waals surface area contributed by atoms with Crippen LogP contribution in [0.4, 0.5) is 0 Å². The smallest absolute Gasteiger partial charge is 0.0786 e. The Morgan fingerprint density at radius 3 is 1.00 bits per heavy atom. The molecule has 0 spiro atoms. The monoisotopic (exact) mass is 323 g/mol. The summed E-state index contributed by atoms with van der Waals surface area (Å²) in [6.07, 6.45) is 11.1. The van der Waals surface area contributed by atoms with Crippen molar-refractivity contribution in [2.24, 2.45) is 0 Å². The van der Waals surface area contributed by atoms with Gasteiger partial charge in [0.25, 0.3) is 0 Å². The van der Waals surface area contributed by atoms with E-state index in [2.05, 4.69) is 27.7 Å². The van der Waals surface area contributed by atoms with Crippen molar-refractivity contribution in [1.82, 2.24) is 0 Å². The van der Waals surface area contributed by atoms with Crippen molar-refractivity contribution in [3.05, 3.63) is 0 Å². The number of hydrogen-bond donors (Lipinski definition) is 2. The van der Waals surface area contributed by atoms with E-state index in [1.54, 1.807) is 0 Å². The summed E-state index contributed by atoms with van der Waals surface area (Å²) >= 11 is 0. The first-order valence-electron chi connectivity index (χ1n) is 8.68. The SMILES string of the molecule is CCCC[N+](CCCC)(CCCC)CCCC.[O-]P(O)O. The van der Waals surface area contributed by atoms with Crippen molar-refractivity contribution >= 4 is 8.60 Å². The molecule has 0 aliphatic heterocycles. The fourth-order valence-corrected chi connectivity index (χ4v) is 2.64. The predicted molar refractivity (Wildman–Crippen MR) is 90.7 cm³/mol. The van der Waals surface area contributed by atoms with Crippen LogP contribution < -0.4 is 4.89 Å². The Bertz CT molecular complexity index is 164. The van der Waals surface area contributed by atoms with Crippen LogP contribution in [0, 0.1) is 0 Å². The van der Waals surface area contributed by atoms with Crippen LogP contribution in [0.15, 0.2) is 0 Å². The predicted octanol–water partition coefficient (Wildman–Crippen LogP) is 3.56. The van der Waals surface area contributed by atoms with Gasteiger partial charge in [0.05, 0.1) is 34.8 Å². The van der Waals surface area contributed by atoms with Gasteiger partial charge in [0.15, 0.2) is 0 Å². The quantitative estimate of drug-likeness (QED) is 0.426. The lowest BCUT2D eigenvalue weighted by atomic mass is 10.1.